The van der Waals surface area contributed by atoms with Gasteiger partial charge in [0, 0.05) is 6.04 Å². The number of hydrogen-bond acceptors (Lipinski definition) is 2. The van der Waals surface area contributed by atoms with Crippen LogP contribution in [0.2, 0.25) is 0 Å². The molecule has 0 amide bonds. The topological polar surface area (TPSA) is 21.3 Å². The monoisotopic (exact) mass is 279 g/mol. The summed E-state index contributed by atoms with van der Waals surface area (Å²) >= 11 is 0. The highest BCUT2D eigenvalue weighted by Gasteiger charge is 2.39. The van der Waals surface area contributed by atoms with Gasteiger partial charge in [-0.3, -0.25) is 0 Å². The van der Waals surface area contributed by atoms with Crippen LogP contribution in [0.25, 0.3) is 0 Å². The summed E-state index contributed by atoms with van der Waals surface area (Å²) in [6.45, 7) is 1.18. The number of nitrogens with one attached hydrogen (secondary N) is 1. The highest BCUT2D eigenvalue weighted by atomic mass is 16.5. The first kappa shape index (κ1) is 12.9. The summed E-state index contributed by atoms with van der Waals surface area (Å²) in [7, 11) is 0. The quantitative estimate of drug-likeness (QED) is 0.849. The third-order valence-electron chi connectivity index (χ3n) is 4.43. The van der Waals surface area contributed by atoms with Gasteiger partial charge < -0.3 is 10.1 Å². The third kappa shape index (κ3) is 3.27. The molecule has 108 valence electrons. The Morgan fingerprint density at radius 1 is 0.952 bits per heavy atom. The Hall–Kier alpha value is -1.80. The smallest absolute Gasteiger partial charge is 0.127 e. The van der Waals surface area contributed by atoms with E-state index in [2.05, 4.69) is 23.5 Å². The first-order valence-electron chi connectivity index (χ1n) is 7.95. The van der Waals surface area contributed by atoms with Crippen molar-refractivity contribution in [2.45, 2.75) is 31.2 Å². The second-order valence-corrected chi connectivity index (χ2v) is 6.27. The van der Waals surface area contributed by atoms with Crippen LogP contribution in [0.1, 0.15) is 30.7 Å². The van der Waals surface area contributed by atoms with Crippen molar-refractivity contribution in [1.82, 2.24) is 5.32 Å². The summed E-state index contributed by atoms with van der Waals surface area (Å²) < 4.78 is 5.92. The maximum Gasteiger partial charge on any atom is 0.127 e. The second kappa shape index (κ2) is 5.53. The van der Waals surface area contributed by atoms with Crippen LogP contribution in [0.3, 0.4) is 0 Å². The van der Waals surface area contributed by atoms with Gasteiger partial charge in [0.15, 0.2) is 0 Å². The molecule has 21 heavy (non-hydrogen) atoms. The largest absolute Gasteiger partial charge is 0.457 e. The van der Waals surface area contributed by atoms with E-state index in [0.717, 1.165) is 29.4 Å². The molecule has 0 aliphatic heterocycles. The van der Waals surface area contributed by atoms with E-state index in [9.17, 15) is 0 Å². The van der Waals surface area contributed by atoms with Crippen molar-refractivity contribution < 1.29 is 4.74 Å². The maximum atomic E-state index is 5.92. The molecule has 0 bridgehead atoms. The van der Waals surface area contributed by atoms with Gasteiger partial charge in [0.1, 0.15) is 11.5 Å². The number of ether oxygens (including phenoxy) is 1. The lowest BCUT2D eigenvalue weighted by Crippen LogP contribution is -2.19. The van der Waals surface area contributed by atoms with Gasteiger partial charge >= 0.3 is 0 Å². The van der Waals surface area contributed by atoms with E-state index in [1.54, 1.807) is 0 Å². The highest BCUT2D eigenvalue weighted by Crippen LogP contribution is 2.48. The molecule has 2 atom stereocenters. The molecular weight excluding hydrogens is 258 g/mol. The Labute approximate surface area is 126 Å². The SMILES string of the molecule is c1ccc(Oc2cccc(C3CC3CNC3CC3)c2)cc1. The lowest BCUT2D eigenvalue weighted by molar-refractivity contribution is 0.482. The van der Waals surface area contributed by atoms with Crippen molar-refractivity contribution in [2.75, 3.05) is 6.54 Å². The van der Waals surface area contributed by atoms with E-state index in [1.807, 2.05) is 36.4 Å². The molecule has 2 nitrogen and oxygen atoms in total. The Bertz CT molecular complexity index is 606. The minimum atomic E-state index is 0.718. The van der Waals surface area contributed by atoms with Crippen LogP contribution < -0.4 is 10.1 Å². The molecule has 2 aliphatic carbocycles. The van der Waals surface area contributed by atoms with Crippen LogP contribution in [0.5, 0.6) is 11.5 Å². The van der Waals surface area contributed by atoms with E-state index in [-0.39, 0.29) is 0 Å². The van der Waals surface area contributed by atoms with Gasteiger partial charge in [-0.2, -0.15) is 0 Å². The van der Waals surface area contributed by atoms with Crippen LogP contribution in [0.4, 0.5) is 0 Å². The summed E-state index contributed by atoms with van der Waals surface area (Å²) in [5.74, 6) is 3.38. The lowest BCUT2D eigenvalue weighted by Gasteiger charge is -2.08. The van der Waals surface area contributed by atoms with E-state index < -0.39 is 0 Å². The molecule has 1 N–H and O–H groups in total. The predicted octanol–water partition coefficient (Wildman–Crippen LogP) is 4.33. The van der Waals surface area contributed by atoms with E-state index in [1.165, 1.54) is 31.4 Å². The molecule has 0 aromatic heterocycles. The average molecular weight is 279 g/mol. The van der Waals surface area contributed by atoms with Crippen LogP contribution in [-0.2, 0) is 0 Å². The Morgan fingerprint density at radius 2 is 1.76 bits per heavy atom. The summed E-state index contributed by atoms with van der Waals surface area (Å²) in [6.07, 6.45) is 4.06. The first-order chi connectivity index (χ1) is 10.4. The fourth-order valence-electron chi connectivity index (χ4n) is 2.92. The van der Waals surface area contributed by atoms with Gasteiger partial charge in [0.2, 0.25) is 0 Å². The van der Waals surface area contributed by atoms with Gasteiger partial charge in [0.05, 0.1) is 0 Å². The third-order valence-corrected chi connectivity index (χ3v) is 4.43. The summed E-state index contributed by atoms with van der Waals surface area (Å²) in [5, 5.41) is 3.64. The summed E-state index contributed by atoms with van der Waals surface area (Å²) in [5.41, 5.74) is 1.42. The van der Waals surface area contributed by atoms with Gasteiger partial charge in [-0.1, -0.05) is 30.3 Å². The molecule has 2 fully saturated rings. The minimum Gasteiger partial charge on any atom is -0.457 e. The zero-order valence-corrected chi connectivity index (χ0v) is 12.2. The Morgan fingerprint density at radius 3 is 2.57 bits per heavy atom. The van der Waals surface area contributed by atoms with Gasteiger partial charge in [0.25, 0.3) is 0 Å². The second-order valence-electron chi connectivity index (χ2n) is 6.27. The summed E-state index contributed by atoms with van der Waals surface area (Å²) in [4.78, 5) is 0. The maximum absolute atomic E-state index is 5.92. The van der Waals surface area contributed by atoms with Crippen LogP contribution in [0, 0.1) is 5.92 Å². The number of hydrogen-bond donors (Lipinski definition) is 1. The van der Waals surface area contributed by atoms with E-state index in [4.69, 9.17) is 4.74 Å². The van der Waals surface area contributed by atoms with Crippen molar-refractivity contribution in [3.05, 3.63) is 60.2 Å². The molecule has 4 rings (SSSR count). The van der Waals surface area contributed by atoms with Crippen molar-refractivity contribution in [2.24, 2.45) is 5.92 Å². The van der Waals surface area contributed by atoms with Gasteiger partial charge in [-0.15, -0.1) is 0 Å². The minimum absolute atomic E-state index is 0.718. The zero-order valence-electron chi connectivity index (χ0n) is 12.2. The molecule has 0 saturated heterocycles. The fourth-order valence-corrected chi connectivity index (χ4v) is 2.92. The molecule has 2 aliphatic rings. The van der Waals surface area contributed by atoms with E-state index >= 15 is 0 Å². The number of para-hydroxylation sites is 1. The molecular formula is C19H21NO. The summed E-state index contributed by atoms with van der Waals surface area (Å²) in [6, 6.07) is 19.4. The van der Waals surface area contributed by atoms with Gasteiger partial charge in [-0.05, 0) is 67.5 Å². The Kier molecular flexibility index (Phi) is 3.40. The van der Waals surface area contributed by atoms with Crippen molar-refractivity contribution in [1.29, 1.82) is 0 Å². The predicted molar refractivity (Wildman–Crippen MR) is 84.8 cm³/mol. The van der Waals surface area contributed by atoms with Gasteiger partial charge in [-0.25, -0.2) is 0 Å². The van der Waals surface area contributed by atoms with Crippen molar-refractivity contribution >= 4 is 0 Å². The standard InChI is InChI=1S/C19H21NO/c1-2-6-17(7-3-1)21-18-8-4-5-14(11-18)19-12-15(19)13-20-16-9-10-16/h1-8,11,15-16,19-20H,9-10,12-13H2. The molecule has 0 spiro atoms. The number of rotatable bonds is 6. The van der Waals surface area contributed by atoms with Crippen LogP contribution >= 0.6 is 0 Å². The Balaban J connectivity index is 1.39. The average Bonchev–Trinajstić information content (AvgIpc) is 3.41. The normalized spacial score (nSPS) is 23.8. The molecule has 2 saturated carbocycles. The molecule has 2 aromatic carbocycles. The number of benzene rings is 2. The van der Waals surface area contributed by atoms with E-state index in [0.29, 0.717) is 0 Å². The van der Waals surface area contributed by atoms with Crippen LogP contribution in [-0.4, -0.2) is 12.6 Å². The molecule has 2 heteroatoms. The molecule has 2 aromatic rings. The van der Waals surface area contributed by atoms with Crippen molar-refractivity contribution in [3.63, 3.8) is 0 Å². The molecule has 2 unspecified atom stereocenters. The molecule has 0 radical (unpaired) electrons. The van der Waals surface area contributed by atoms with Crippen LogP contribution in [0.15, 0.2) is 54.6 Å². The lowest BCUT2D eigenvalue weighted by atomic mass is 10.1. The fraction of sp³-hybridized carbons (Fsp3) is 0.368. The molecule has 0 heterocycles. The zero-order chi connectivity index (χ0) is 14.1. The highest BCUT2D eigenvalue weighted by molar-refractivity contribution is 5.37. The van der Waals surface area contributed by atoms with Crippen molar-refractivity contribution in [3.8, 4) is 11.5 Å². The first-order valence-corrected chi connectivity index (χ1v) is 7.95.